The van der Waals surface area contributed by atoms with Gasteiger partial charge in [-0.15, -0.1) is 0 Å². The summed E-state index contributed by atoms with van der Waals surface area (Å²) in [4.78, 5) is 11.9. The molecular weight excluding hydrogens is 246 g/mol. The molecule has 1 aromatic carbocycles. The molecule has 2 rings (SSSR count). The molecule has 1 heterocycles. The summed E-state index contributed by atoms with van der Waals surface area (Å²) in [6, 6.07) is 7.85. The smallest absolute Gasteiger partial charge is 0.139 e. The number of nitrogens with zero attached hydrogens (tertiary/aromatic N) is 1. The molecule has 0 aliphatic heterocycles. The fraction of sp³-hybridized carbons (Fsp3) is 0.400. The van der Waals surface area contributed by atoms with Crippen molar-refractivity contribution in [1.82, 2.24) is 4.57 Å². The summed E-state index contributed by atoms with van der Waals surface area (Å²) < 4.78 is 2.11. The standard InChI is InChI=1S/C15H18ClNO/c1-15(2,3)14(18)7-9-17-8-6-11-10-12(16)4-5-13(11)17/h4-6,8,10H,7,9H2,1-3H3. The third-order valence-electron chi connectivity index (χ3n) is 3.15. The van der Waals surface area contributed by atoms with Crippen LogP contribution in [0.25, 0.3) is 10.9 Å². The number of benzene rings is 1. The van der Waals surface area contributed by atoms with E-state index in [1.165, 1.54) is 0 Å². The minimum absolute atomic E-state index is 0.258. The number of carbonyl (C=O) groups is 1. The molecule has 0 atom stereocenters. The van der Waals surface area contributed by atoms with Gasteiger partial charge in [-0.2, -0.15) is 0 Å². The van der Waals surface area contributed by atoms with Crippen molar-refractivity contribution in [3.05, 3.63) is 35.5 Å². The molecule has 3 heteroatoms. The topological polar surface area (TPSA) is 22.0 Å². The second kappa shape index (κ2) is 4.77. The van der Waals surface area contributed by atoms with Gasteiger partial charge in [0.05, 0.1) is 0 Å². The highest BCUT2D eigenvalue weighted by molar-refractivity contribution is 6.31. The minimum atomic E-state index is -0.258. The highest BCUT2D eigenvalue weighted by atomic mass is 35.5. The molecule has 0 aliphatic carbocycles. The second-order valence-electron chi connectivity index (χ2n) is 5.64. The second-order valence-corrected chi connectivity index (χ2v) is 6.07. The number of rotatable bonds is 3. The Bertz CT molecular complexity index is 578. The van der Waals surface area contributed by atoms with Gasteiger partial charge in [0.1, 0.15) is 5.78 Å². The van der Waals surface area contributed by atoms with Crippen LogP contribution in [0.3, 0.4) is 0 Å². The number of carbonyl (C=O) groups excluding carboxylic acids is 1. The molecule has 0 fully saturated rings. The first-order chi connectivity index (χ1) is 8.38. The van der Waals surface area contributed by atoms with Crippen LogP contribution in [0.4, 0.5) is 0 Å². The molecule has 0 bridgehead atoms. The van der Waals surface area contributed by atoms with E-state index in [0.717, 1.165) is 22.5 Å². The Hall–Kier alpha value is -1.28. The monoisotopic (exact) mass is 263 g/mol. The molecule has 1 aromatic heterocycles. The highest BCUT2D eigenvalue weighted by Crippen LogP contribution is 2.22. The van der Waals surface area contributed by atoms with Gasteiger partial charge in [0, 0.05) is 40.5 Å². The Morgan fingerprint density at radius 2 is 2.00 bits per heavy atom. The molecule has 96 valence electrons. The zero-order valence-electron chi connectivity index (χ0n) is 11.0. The summed E-state index contributed by atoms with van der Waals surface area (Å²) in [6.45, 7) is 6.61. The van der Waals surface area contributed by atoms with Gasteiger partial charge in [-0.3, -0.25) is 4.79 Å². The lowest BCUT2D eigenvalue weighted by Crippen LogP contribution is -2.21. The van der Waals surface area contributed by atoms with Crippen LogP contribution in [0.5, 0.6) is 0 Å². The predicted molar refractivity (Wildman–Crippen MR) is 76.0 cm³/mol. The van der Waals surface area contributed by atoms with Gasteiger partial charge < -0.3 is 4.57 Å². The average molecular weight is 264 g/mol. The average Bonchev–Trinajstić information content (AvgIpc) is 2.66. The van der Waals surface area contributed by atoms with Crippen LogP contribution in [0.1, 0.15) is 27.2 Å². The van der Waals surface area contributed by atoms with E-state index in [1.54, 1.807) is 0 Å². The van der Waals surface area contributed by atoms with Gasteiger partial charge in [-0.05, 0) is 24.3 Å². The van der Waals surface area contributed by atoms with E-state index >= 15 is 0 Å². The third kappa shape index (κ3) is 2.75. The molecule has 18 heavy (non-hydrogen) atoms. The van der Waals surface area contributed by atoms with Crippen LogP contribution >= 0.6 is 11.6 Å². The zero-order valence-corrected chi connectivity index (χ0v) is 11.8. The van der Waals surface area contributed by atoms with Gasteiger partial charge in [0.25, 0.3) is 0 Å². The van der Waals surface area contributed by atoms with Crippen molar-refractivity contribution in [2.45, 2.75) is 33.7 Å². The molecule has 0 radical (unpaired) electrons. The highest BCUT2D eigenvalue weighted by Gasteiger charge is 2.20. The molecule has 2 aromatic rings. The van der Waals surface area contributed by atoms with Gasteiger partial charge in [-0.25, -0.2) is 0 Å². The van der Waals surface area contributed by atoms with E-state index in [2.05, 4.69) is 4.57 Å². The lowest BCUT2D eigenvalue weighted by Gasteiger charge is -2.16. The summed E-state index contributed by atoms with van der Waals surface area (Å²) in [6.07, 6.45) is 2.58. The van der Waals surface area contributed by atoms with Crippen LogP contribution < -0.4 is 0 Å². The van der Waals surface area contributed by atoms with Crippen molar-refractivity contribution in [3.63, 3.8) is 0 Å². The first-order valence-corrected chi connectivity index (χ1v) is 6.53. The number of ketones is 1. The van der Waals surface area contributed by atoms with Crippen LogP contribution in [0.15, 0.2) is 30.5 Å². The van der Waals surface area contributed by atoms with Crippen molar-refractivity contribution >= 4 is 28.3 Å². The molecule has 0 spiro atoms. The molecule has 0 unspecified atom stereocenters. The van der Waals surface area contributed by atoms with Gasteiger partial charge >= 0.3 is 0 Å². The zero-order chi connectivity index (χ0) is 13.3. The number of aryl methyl sites for hydroxylation is 1. The van der Waals surface area contributed by atoms with Crippen molar-refractivity contribution in [1.29, 1.82) is 0 Å². The number of fused-ring (bicyclic) bond motifs is 1. The summed E-state index contributed by atoms with van der Waals surface area (Å²) in [7, 11) is 0. The van der Waals surface area contributed by atoms with E-state index in [-0.39, 0.29) is 5.41 Å². The predicted octanol–water partition coefficient (Wildman–Crippen LogP) is 4.30. The number of hydrogen-bond donors (Lipinski definition) is 0. The number of halogens is 1. The number of aromatic nitrogens is 1. The van der Waals surface area contributed by atoms with Gasteiger partial charge in [-0.1, -0.05) is 32.4 Å². The SMILES string of the molecule is CC(C)(C)C(=O)CCn1ccc2cc(Cl)ccc21. The Morgan fingerprint density at radius 3 is 2.67 bits per heavy atom. The maximum absolute atomic E-state index is 11.9. The maximum atomic E-state index is 11.9. The molecule has 0 saturated carbocycles. The van der Waals surface area contributed by atoms with Crippen molar-refractivity contribution in [2.24, 2.45) is 5.41 Å². The number of Topliss-reactive ketones (excluding diaryl/α,β-unsaturated/α-hetero) is 1. The van der Waals surface area contributed by atoms with Crippen LogP contribution in [0, 0.1) is 5.41 Å². The summed E-state index contributed by atoms with van der Waals surface area (Å²) >= 11 is 5.95. The minimum Gasteiger partial charge on any atom is -0.347 e. The van der Waals surface area contributed by atoms with Crippen molar-refractivity contribution < 1.29 is 4.79 Å². The fourth-order valence-corrected chi connectivity index (χ4v) is 2.14. The number of hydrogen-bond acceptors (Lipinski definition) is 1. The molecule has 0 aliphatic rings. The van der Waals surface area contributed by atoms with E-state index in [1.807, 2.05) is 51.2 Å². The van der Waals surface area contributed by atoms with Crippen LogP contribution in [-0.2, 0) is 11.3 Å². The van der Waals surface area contributed by atoms with Crippen LogP contribution in [-0.4, -0.2) is 10.4 Å². The van der Waals surface area contributed by atoms with E-state index < -0.39 is 0 Å². The Balaban J connectivity index is 2.16. The molecular formula is C15H18ClNO. The lowest BCUT2D eigenvalue weighted by atomic mass is 9.89. The third-order valence-corrected chi connectivity index (χ3v) is 3.38. The van der Waals surface area contributed by atoms with E-state index in [9.17, 15) is 4.79 Å². The van der Waals surface area contributed by atoms with E-state index in [4.69, 9.17) is 11.6 Å². The van der Waals surface area contributed by atoms with E-state index in [0.29, 0.717) is 12.2 Å². The lowest BCUT2D eigenvalue weighted by molar-refractivity contribution is -0.126. The Labute approximate surface area is 113 Å². The quantitative estimate of drug-likeness (QED) is 0.809. The molecule has 2 nitrogen and oxygen atoms in total. The maximum Gasteiger partial charge on any atom is 0.139 e. The first-order valence-electron chi connectivity index (χ1n) is 6.15. The summed E-state index contributed by atoms with van der Waals surface area (Å²) in [5.74, 6) is 0.290. The first kappa shape index (κ1) is 13.2. The Morgan fingerprint density at radius 1 is 1.28 bits per heavy atom. The Kier molecular flexibility index (Phi) is 3.49. The largest absolute Gasteiger partial charge is 0.347 e. The molecule has 0 saturated heterocycles. The molecule has 0 N–H and O–H groups in total. The summed E-state index contributed by atoms with van der Waals surface area (Å²) in [5, 5.41) is 1.86. The van der Waals surface area contributed by atoms with Crippen molar-refractivity contribution in [3.8, 4) is 0 Å². The fourth-order valence-electron chi connectivity index (χ4n) is 1.96. The molecule has 0 amide bonds. The van der Waals surface area contributed by atoms with Crippen LogP contribution in [0.2, 0.25) is 5.02 Å². The van der Waals surface area contributed by atoms with Crippen molar-refractivity contribution in [2.75, 3.05) is 0 Å². The summed E-state index contributed by atoms with van der Waals surface area (Å²) in [5.41, 5.74) is 0.868. The normalized spacial score (nSPS) is 12.0. The van der Waals surface area contributed by atoms with Gasteiger partial charge in [0.2, 0.25) is 0 Å². The van der Waals surface area contributed by atoms with Gasteiger partial charge in [0.15, 0.2) is 0 Å².